The maximum Gasteiger partial charge on any atom is 0.433 e. The summed E-state index contributed by atoms with van der Waals surface area (Å²) in [6.45, 7) is 1.71. The minimum Gasteiger partial charge on any atom is -0.275 e. The van der Waals surface area contributed by atoms with Crippen molar-refractivity contribution in [3.05, 3.63) is 29.7 Å². The van der Waals surface area contributed by atoms with Crippen LogP contribution in [0.2, 0.25) is 0 Å². The van der Waals surface area contributed by atoms with E-state index in [4.69, 9.17) is 7.85 Å². The average Bonchev–Trinajstić information content (AvgIpc) is 2.87. The predicted octanol–water partition coefficient (Wildman–Crippen LogP) is 1.25. The van der Waals surface area contributed by atoms with Gasteiger partial charge in [0.2, 0.25) is 0 Å². The number of fused-ring (bicyclic) bond motifs is 1. The molecule has 0 saturated heterocycles. The molecule has 0 unspecified atom stereocenters. The van der Waals surface area contributed by atoms with E-state index < -0.39 is 11.9 Å². The Morgan fingerprint density at radius 3 is 2.48 bits per heavy atom. The van der Waals surface area contributed by atoms with Crippen LogP contribution in [-0.2, 0) is 13.2 Å². The van der Waals surface area contributed by atoms with Gasteiger partial charge in [-0.2, -0.15) is 23.4 Å². The van der Waals surface area contributed by atoms with Crippen LogP contribution in [0.5, 0.6) is 0 Å². The van der Waals surface area contributed by atoms with E-state index in [0.717, 1.165) is 6.07 Å². The van der Waals surface area contributed by atoms with Crippen LogP contribution in [0, 0.1) is 6.92 Å². The van der Waals surface area contributed by atoms with Gasteiger partial charge in [-0.1, -0.05) is 0 Å². The summed E-state index contributed by atoms with van der Waals surface area (Å²) in [5, 5.41) is 7.75. The summed E-state index contributed by atoms with van der Waals surface area (Å²) >= 11 is 0. The van der Waals surface area contributed by atoms with Gasteiger partial charge < -0.3 is 0 Å². The van der Waals surface area contributed by atoms with Gasteiger partial charge in [0.05, 0.1) is 11.4 Å². The second-order valence-corrected chi connectivity index (χ2v) is 4.67. The molecular weight excluding hydrogens is 282 g/mol. The van der Waals surface area contributed by atoms with Gasteiger partial charge in [-0.15, -0.1) is 0 Å². The third-order valence-corrected chi connectivity index (χ3v) is 3.03. The largest absolute Gasteiger partial charge is 0.433 e. The number of alkyl halides is 3. The lowest BCUT2D eigenvalue weighted by Gasteiger charge is -2.10. The maximum atomic E-state index is 13.2. The van der Waals surface area contributed by atoms with E-state index in [1.807, 2.05) is 0 Å². The van der Waals surface area contributed by atoms with E-state index in [9.17, 15) is 13.2 Å². The Balaban J connectivity index is 2.32. The summed E-state index contributed by atoms with van der Waals surface area (Å²) in [6, 6.07) is 2.24. The van der Waals surface area contributed by atoms with Crippen molar-refractivity contribution in [1.29, 1.82) is 0 Å². The van der Waals surface area contributed by atoms with Gasteiger partial charge in [-0.25, -0.2) is 9.50 Å². The van der Waals surface area contributed by atoms with Crippen molar-refractivity contribution >= 4 is 19.1 Å². The lowest BCUT2D eigenvalue weighted by atomic mass is 10.1. The molecule has 5 nitrogen and oxygen atoms in total. The monoisotopic (exact) mass is 291 g/mol. The fourth-order valence-corrected chi connectivity index (χ4v) is 2.18. The summed E-state index contributed by atoms with van der Waals surface area (Å²) in [7, 11) is 7.16. The first-order chi connectivity index (χ1) is 9.75. The molecule has 0 aliphatic carbocycles. The third kappa shape index (κ3) is 2.28. The van der Waals surface area contributed by atoms with E-state index in [-0.39, 0.29) is 16.9 Å². The highest BCUT2D eigenvalue weighted by Gasteiger charge is 2.35. The molecule has 0 amide bonds. The first-order valence-electron chi connectivity index (χ1n) is 6.00. The summed E-state index contributed by atoms with van der Waals surface area (Å²) < 4.78 is 41.8. The molecule has 21 heavy (non-hydrogen) atoms. The topological polar surface area (TPSA) is 48.0 Å². The molecule has 3 rings (SSSR count). The summed E-state index contributed by atoms with van der Waals surface area (Å²) in [5.41, 5.74) is 0.400. The number of aryl methyl sites for hydroxylation is 2. The van der Waals surface area contributed by atoms with Crippen molar-refractivity contribution in [2.24, 2.45) is 7.05 Å². The lowest BCUT2D eigenvalue weighted by molar-refractivity contribution is -0.142. The second kappa shape index (κ2) is 4.34. The van der Waals surface area contributed by atoms with Crippen LogP contribution in [0.15, 0.2) is 18.3 Å². The highest BCUT2D eigenvalue weighted by atomic mass is 19.4. The van der Waals surface area contributed by atoms with Crippen LogP contribution in [-0.4, -0.2) is 32.2 Å². The number of nitrogens with zero attached hydrogens (tertiary/aromatic N) is 5. The zero-order chi connectivity index (χ0) is 15.4. The van der Waals surface area contributed by atoms with Crippen LogP contribution >= 0.6 is 0 Å². The minimum absolute atomic E-state index is 0.0203. The highest BCUT2D eigenvalue weighted by Crippen LogP contribution is 2.32. The number of hydrogen-bond acceptors (Lipinski definition) is 3. The molecule has 0 spiro atoms. The average molecular weight is 291 g/mol. The minimum atomic E-state index is -4.56. The smallest absolute Gasteiger partial charge is 0.275 e. The molecule has 0 atom stereocenters. The standard InChI is InChI=1S/C12H9BF3N5/c1-6-7(5-20(2)18-6)8-3-9(12(14,15)16)21-11(17-8)4-10(13)19-21/h3-5H,1-2H3. The van der Waals surface area contributed by atoms with Gasteiger partial charge in [0.25, 0.3) is 0 Å². The third-order valence-electron chi connectivity index (χ3n) is 3.03. The van der Waals surface area contributed by atoms with Crippen molar-refractivity contribution in [2.75, 3.05) is 0 Å². The number of hydrogen-bond donors (Lipinski definition) is 0. The van der Waals surface area contributed by atoms with Crippen molar-refractivity contribution in [3.8, 4) is 11.3 Å². The summed E-state index contributed by atoms with van der Waals surface area (Å²) in [4.78, 5) is 4.18. The molecular formula is C12H9BF3N5. The Morgan fingerprint density at radius 1 is 1.19 bits per heavy atom. The quantitative estimate of drug-likeness (QED) is 0.634. The Bertz CT molecular complexity index is 833. The Kier molecular flexibility index (Phi) is 2.82. The highest BCUT2D eigenvalue weighted by molar-refractivity contribution is 6.31. The molecule has 0 saturated carbocycles. The van der Waals surface area contributed by atoms with Crippen LogP contribution < -0.4 is 5.59 Å². The number of rotatable bonds is 1. The zero-order valence-electron chi connectivity index (χ0n) is 11.2. The van der Waals surface area contributed by atoms with Gasteiger partial charge in [-0.3, -0.25) is 4.68 Å². The molecule has 0 aliphatic rings. The molecule has 0 N–H and O–H groups in total. The second-order valence-electron chi connectivity index (χ2n) is 4.67. The van der Waals surface area contributed by atoms with Gasteiger partial charge in [-0.05, 0) is 19.1 Å². The molecule has 0 aliphatic heterocycles. The first-order valence-corrected chi connectivity index (χ1v) is 6.00. The van der Waals surface area contributed by atoms with Crippen molar-refractivity contribution in [2.45, 2.75) is 13.1 Å². The zero-order valence-corrected chi connectivity index (χ0v) is 11.2. The molecule has 0 fully saturated rings. The van der Waals surface area contributed by atoms with Crippen LogP contribution in [0.25, 0.3) is 16.9 Å². The maximum absolute atomic E-state index is 13.2. The fourth-order valence-electron chi connectivity index (χ4n) is 2.18. The molecule has 3 heterocycles. The summed E-state index contributed by atoms with van der Waals surface area (Å²) in [6.07, 6.45) is -2.95. The fraction of sp³-hybridized carbons (Fsp3) is 0.250. The SMILES string of the molecule is [B]c1cc2nc(-c3cn(C)nc3C)cc(C(F)(F)F)n2n1. The van der Waals surface area contributed by atoms with Crippen molar-refractivity contribution in [3.63, 3.8) is 0 Å². The lowest BCUT2D eigenvalue weighted by Crippen LogP contribution is -2.15. The van der Waals surface area contributed by atoms with E-state index in [1.165, 1.54) is 10.7 Å². The Hall–Kier alpha value is -2.32. The van der Waals surface area contributed by atoms with E-state index >= 15 is 0 Å². The molecule has 3 aromatic heterocycles. The van der Waals surface area contributed by atoms with E-state index in [1.54, 1.807) is 20.2 Å². The normalized spacial score (nSPS) is 12.2. The molecule has 2 radical (unpaired) electrons. The number of aromatic nitrogens is 5. The van der Waals surface area contributed by atoms with E-state index in [2.05, 4.69) is 15.2 Å². The molecule has 9 heteroatoms. The molecule has 0 bridgehead atoms. The van der Waals surface area contributed by atoms with Gasteiger partial charge in [0.1, 0.15) is 7.85 Å². The molecule has 3 aromatic rings. The summed E-state index contributed by atoms with van der Waals surface area (Å²) in [5.74, 6) is 0. The van der Waals surface area contributed by atoms with Crippen LogP contribution in [0.4, 0.5) is 13.2 Å². The number of halogens is 3. The van der Waals surface area contributed by atoms with Gasteiger partial charge in [0.15, 0.2) is 11.3 Å². The molecule has 0 aromatic carbocycles. The first kappa shape index (κ1) is 13.7. The van der Waals surface area contributed by atoms with Crippen LogP contribution in [0.1, 0.15) is 11.4 Å². The Morgan fingerprint density at radius 2 is 1.90 bits per heavy atom. The van der Waals surface area contributed by atoms with E-state index in [0.29, 0.717) is 15.8 Å². The Labute approximate surface area is 118 Å². The van der Waals surface area contributed by atoms with Gasteiger partial charge in [0, 0.05) is 24.4 Å². The van der Waals surface area contributed by atoms with Gasteiger partial charge >= 0.3 is 6.18 Å². The van der Waals surface area contributed by atoms with Crippen molar-refractivity contribution < 1.29 is 13.2 Å². The van der Waals surface area contributed by atoms with Crippen LogP contribution in [0.3, 0.4) is 0 Å². The predicted molar refractivity (Wildman–Crippen MR) is 70.3 cm³/mol. The molecule has 106 valence electrons. The van der Waals surface area contributed by atoms with Crippen molar-refractivity contribution in [1.82, 2.24) is 24.4 Å².